The van der Waals surface area contributed by atoms with Gasteiger partial charge in [-0.3, -0.25) is 4.72 Å². The third-order valence-corrected chi connectivity index (χ3v) is 6.58. The van der Waals surface area contributed by atoms with E-state index in [1.54, 1.807) is 13.0 Å². The largest absolute Gasteiger partial charge is 0.340 e. The zero-order valence-electron chi connectivity index (χ0n) is 21.4. The number of nitrogens with one attached hydrogen (secondary N) is 1. The van der Waals surface area contributed by atoms with Gasteiger partial charge in [-0.1, -0.05) is 58.7 Å². The van der Waals surface area contributed by atoms with Crippen molar-refractivity contribution in [1.82, 2.24) is 4.57 Å². The average Bonchev–Trinajstić information content (AvgIpc) is 3.14. The second-order valence-electron chi connectivity index (χ2n) is 7.64. The minimum Gasteiger partial charge on any atom is -0.340 e. The van der Waals surface area contributed by atoms with E-state index in [9.17, 15) is 13.7 Å². The van der Waals surface area contributed by atoms with Gasteiger partial charge >= 0.3 is 0 Å². The fourth-order valence-corrected chi connectivity index (χ4v) is 4.07. The molecule has 180 valence electrons. The lowest BCUT2D eigenvalue weighted by Gasteiger charge is -2.13. The van der Waals surface area contributed by atoms with E-state index >= 15 is 0 Å². The number of fused-ring (bicyclic) bond motifs is 1. The summed E-state index contributed by atoms with van der Waals surface area (Å²) in [7, 11) is -3.33. The second-order valence-corrected chi connectivity index (χ2v) is 9.65. The van der Waals surface area contributed by atoms with Crippen LogP contribution in [0.25, 0.3) is 22.2 Å². The molecule has 0 spiro atoms. The fourth-order valence-electron chi connectivity index (χ4n) is 3.37. The highest BCUT2D eigenvalue weighted by Crippen LogP contribution is 2.35. The van der Waals surface area contributed by atoms with Crippen molar-refractivity contribution < 1.29 is 8.42 Å². The number of anilines is 1. The molecule has 6 heteroatoms. The second kappa shape index (κ2) is 13.1. The van der Waals surface area contributed by atoms with Gasteiger partial charge in [-0.2, -0.15) is 5.26 Å². The Bertz CT molecular complexity index is 1200. The minimum atomic E-state index is -3.33. The van der Waals surface area contributed by atoms with E-state index in [4.69, 9.17) is 0 Å². The summed E-state index contributed by atoms with van der Waals surface area (Å²) < 4.78 is 28.5. The third-order valence-electron chi connectivity index (χ3n) is 5.29. The topological polar surface area (TPSA) is 74.9 Å². The molecule has 0 aliphatic rings. The van der Waals surface area contributed by atoms with Crippen molar-refractivity contribution in [2.45, 2.75) is 74.8 Å². The third kappa shape index (κ3) is 6.85. The lowest BCUT2D eigenvalue weighted by atomic mass is 10.0. The minimum absolute atomic E-state index is 0.0240. The van der Waals surface area contributed by atoms with E-state index in [-0.39, 0.29) is 5.75 Å². The maximum atomic E-state index is 11.9. The number of rotatable bonds is 6. The van der Waals surface area contributed by atoms with E-state index in [2.05, 4.69) is 42.2 Å². The van der Waals surface area contributed by atoms with Gasteiger partial charge < -0.3 is 4.57 Å². The van der Waals surface area contributed by atoms with Crippen molar-refractivity contribution in [3.63, 3.8) is 0 Å². The number of sulfonamides is 1. The Labute approximate surface area is 200 Å². The lowest BCUT2D eigenvalue weighted by molar-refractivity contribution is 0.602. The molecule has 0 aliphatic heterocycles. The molecular formula is C27H39N3O2S. The van der Waals surface area contributed by atoms with E-state index in [0.717, 1.165) is 39.8 Å². The maximum absolute atomic E-state index is 11.9. The standard InChI is InChI=1S/C21H23N3O2S.C4H10.C2H6/c1-5-24-20-11-14(3)7-9-17(20)18(13-22)21(24)16-8-10-19(15(4)12-16)23-27(25,26)6-2;1-3-4-2;1-2/h7-12,23H,5-6H2,1-4H3;3-4H2,1-2H3;1-2H3. The molecule has 5 nitrogen and oxygen atoms in total. The van der Waals surface area contributed by atoms with Gasteiger partial charge in [-0.25, -0.2) is 8.42 Å². The number of nitriles is 1. The molecule has 2 aromatic carbocycles. The number of aromatic nitrogens is 1. The Morgan fingerprint density at radius 1 is 0.970 bits per heavy atom. The average molecular weight is 470 g/mol. The molecule has 3 rings (SSSR count). The first kappa shape index (κ1) is 28.3. The van der Waals surface area contributed by atoms with Crippen molar-refractivity contribution in [3.05, 3.63) is 53.1 Å². The van der Waals surface area contributed by atoms with Crippen molar-refractivity contribution in [3.8, 4) is 17.3 Å². The summed E-state index contributed by atoms with van der Waals surface area (Å²) in [5, 5.41) is 10.7. The summed E-state index contributed by atoms with van der Waals surface area (Å²) in [6.45, 7) is 16.7. The van der Waals surface area contributed by atoms with Crippen LogP contribution in [0.5, 0.6) is 0 Å². The number of hydrogen-bond donors (Lipinski definition) is 1. The van der Waals surface area contributed by atoms with Gasteiger partial charge in [-0.15, -0.1) is 0 Å². The van der Waals surface area contributed by atoms with Gasteiger partial charge in [0.05, 0.1) is 28.2 Å². The fraction of sp³-hybridized carbons (Fsp3) is 0.444. The number of benzene rings is 2. The quantitative estimate of drug-likeness (QED) is 0.408. The Hall–Kier alpha value is -2.78. The predicted molar refractivity (Wildman–Crippen MR) is 142 cm³/mol. The van der Waals surface area contributed by atoms with Crippen LogP contribution in [0.1, 0.15) is 71.1 Å². The summed E-state index contributed by atoms with van der Waals surface area (Å²) in [6.07, 6.45) is 2.64. The summed E-state index contributed by atoms with van der Waals surface area (Å²) in [4.78, 5) is 0. The van der Waals surface area contributed by atoms with Crippen LogP contribution in [0.3, 0.4) is 0 Å². The van der Waals surface area contributed by atoms with Crippen LogP contribution in [0, 0.1) is 25.2 Å². The Kier molecular flexibility index (Phi) is 11.2. The molecule has 0 fully saturated rings. The molecule has 0 bridgehead atoms. The Balaban J connectivity index is 0.000000820. The Morgan fingerprint density at radius 2 is 1.61 bits per heavy atom. The van der Waals surface area contributed by atoms with Crippen molar-refractivity contribution in [1.29, 1.82) is 5.26 Å². The number of nitrogens with zero attached hydrogens (tertiary/aromatic N) is 2. The lowest BCUT2D eigenvalue weighted by Crippen LogP contribution is -2.15. The smallest absolute Gasteiger partial charge is 0.232 e. The molecule has 1 heterocycles. The monoisotopic (exact) mass is 469 g/mol. The van der Waals surface area contributed by atoms with Crippen LogP contribution in [0.4, 0.5) is 5.69 Å². The molecule has 0 radical (unpaired) electrons. The first-order valence-electron chi connectivity index (χ1n) is 11.9. The highest BCUT2D eigenvalue weighted by molar-refractivity contribution is 7.92. The highest BCUT2D eigenvalue weighted by Gasteiger charge is 2.19. The van der Waals surface area contributed by atoms with Crippen molar-refractivity contribution in [2.75, 3.05) is 10.5 Å². The van der Waals surface area contributed by atoms with Crippen LogP contribution in [0.15, 0.2) is 36.4 Å². The van der Waals surface area contributed by atoms with Crippen LogP contribution < -0.4 is 4.72 Å². The molecule has 1 N–H and O–H groups in total. The van der Waals surface area contributed by atoms with E-state index < -0.39 is 10.0 Å². The Morgan fingerprint density at radius 3 is 2.09 bits per heavy atom. The molecule has 1 aromatic heterocycles. The van der Waals surface area contributed by atoms with Gasteiger partial charge in [0.25, 0.3) is 0 Å². The number of hydrogen-bond acceptors (Lipinski definition) is 3. The van der Waals surface area contributed by atoms with E-state index in [1.165, 1.54) is 12.8 Å². The first-order chi connectivity index (χ1) is 15.7. The summed E-state index contributed by atoms with van der Waals surface area (Å²) in [5.41, 5.74) is 5.98. The summed E-state index contributed by atoms with van der Waals surface area (Å²) in [6, 6.07) is 14.0. The normalized spacial score (nSPS) is 10.5. The zero-order valence-corrected chi connectivity index (χ0v) is 22.2. The summed E-state index contributed by atoms with van der Waals surface area (Å²) in [5.74, 6) is 0.0240. The first-order valence-corrected chi connectivity index (χ1v) is 13.5. The molecular weight excluding hydrogens is 430 g/mol. The van der Waals surface area contributed by atoms with E-state index in [0.29, 0.717) is 11.3 Å². The van der Waals surface area contributed by atoms with Crippen LogP contribution >= 0.6 is 0 Å². The highest BCUT2D eigenvalue weighted by atomic mass is 32.2. The molecule has 3 aromatic rings. The van der Waals surface area contributed by atoms with Gasteiger partial charge in [0, 0.05) is 11.9 Å². The van der Waals surface area contributed by atoms with Crippen LogP contribution in [-0.2, 0) is 16.6 Å². The van der Waals surface area contributed by atoms with Gasteiger partial charge in [-0.05, 0) is 62.6 Å². The van der Waals surface area contributed by atoms with Crippen molar-refractivity contribution in [2.24, 2.45) is 0 Å². The predicted octanol–water partition coefficient (Wildman–Crippen LogP) is 7.41. The number of unbranched alkanes of at least 4 members (excludes halogenated alkanes) is 1. The van der Waals surface area contributed by atoms with Crippen LogP contribution in [0.2, 0.25) is 0 Å². The number of aryl methyl sites for hydroxylation is 3. The molecule has 0 saturated carbocycles. The SMILES string of the molecule is CC.CCCC.CCn1c(-c2ccc(NS(=O)(=O)CC)c(C)c2)c(C#N)c2ccc(C)cc21. The molecule has 0 amide bonds. The molecule has 33 heavy (non-hydrogen) atoms. The molecule has 0 saturated heterocycles. The van der Waals surface area contributed by atoms with Gasteiger partial charge in [0.15, 0.2) is 0 Å². The molecule has 0 aliphatic carbocycles. The molecule has 0 atom stereocenters. The summed E-state index contributed by atoms with van der Waals surface area (Å²) >= 11 is 0. The van der Waals surface area contributed by atoms with Gasteiger partial charge in [0.2, 0.25) is 10.0 Å². The molecule has 0 unspecified atom stereocenters. The van der Waals surface area contributed by atoms with Crippen molar-refractivity contribution >= 4 is 26.6 Å². The van der Waals surface area contributed by atoms with Crippen LogP contribution in [-0.4, -0.2) is 18.7 Å². The maximum Gasteiger partial charge on any atom is 0.232 e. The zero-order chi connectivity index (χ0) is 25.2. The van der Waals surface area contributed by atoms with E-state index in [1.807, 2.05) is 52.0 Å². The van der Waals surface area contributed by atoms with Gasteiger partial charge in [0.1, 0.15) is 6.07 Å².